The van der Waals surface area contributed by atoms with Gasteiger partial charge in [-0.15, -0.1) is 0 Å². The summed E-state index contributed by atoms with van der Waals surface area (Å²) in [6.07, 6.45) is 13.6. The molecule has 6 atom stereocenters. The maximum atomic E-state index is 10.2. The maximum Gasteiger partial charge on any atom is 0.0811 e. The Morgan fingerprint density at radius 2 is 1.91 bits per heavy atom. The molecule has 4 saturated carbocycles. The summed E-state index contributed by atoms with van der Waals surface area (Å²) in [5, 5.41) is 20.4. The number of ether oxygens (including phenoxy) is 1. The molecular formula is C28H43NO3. The Balaban J connectivity index is 1.26. The van der Waals surface area contributed by atoms with Crippen LogP contribution in [0.4, 0.5) is 0 Å². The van der Waals surface area contributed by atoms with E-state index in [0.717, 1.165) is 37.1 Å². The second-order valence-corrected chi connectivity index (χ2v) is 11.9. The van der Waals surface area contributed by atoms with Crippen LogP contribution in [0.25, 0.3) is 0 Å². The Bertz CT molecular complexity index is 780. The van der Waals surface area contributed by atoms with Crippen molar-refractivity contribution in [2.45, 2.75) is 89.4 Å². The van der Waals surface area contributed by atoms with Gasteiger partial charge in [-0.05, 0) is 86.5 Å². The molecule has 1 heterocycles. The summed E-state index contributed by atoms with van der Waals surface area (Å²) in [4.78, 5) is 2.69. The first kappa shape index (κ1) is 22.8. The van der Waals surface area contributed by atoms with Gasteiger partial charge in [0.2, 0.25) is 0 Å². The van der Waals surface area contributed by atoms with Gasteiger partial charge in [0.15, 0.2) is 0 Å². The van der Waals surface area contributed by atoms with Crippen LogP contribution in [0, 0.1) is 23.2 Å². The van der Waals surface area contributed by atoms with Crippen molar-refractivity contribution in [1.29, 1.82) is 0 Å². The van der Waals surface area contributed by atoms with Gasteiger partial charge >= 0.3 is 0 Å². The normalized spacial score (nSPS) is 41.7. The zero-order valence-electron chi connectivity index (χ0n) is 20.2. The number of allylic oxidation sites excluding steroid dienone is 3. The zero-order chi connectivity index (χ0) is 22.5. The van der Waals surface area contributed by atoms with Crippen LogP contribution in [-0.2, 0) is 4.74 Å². The molecule has 178 valence electrons. The second kappa shape index (κ2) is 8.69. The largest absolute Gasteiger partial charge is 0.388 e. The third-order valence-electron chi connectivity index (χ3n) is 9.71. The van der Waals surface area contributed by atoms with Crippen LogP contribution < -0.4 is 0 Å². The van der Waals surface area contributed by atoms with Gasteiger partial charge in [0.05, 0.1) is 24.4 Å². The molecule has 0 aromatic carbocycles. The van der Waals surface area contributed by atoms with E-state index in [4.69, 9.17) is 4.74 Å². The van der Waals surface area contributed by atoms with E-state index in [1.54, 1.807) is 5.57 Å². The standard InChI is InChI=1S/C28H43NO3/c1-19(17-29-13-14-32-28(18-29)11-12-28)23-8-9-24-22(5-4-10-27(23,24)3)7-6-21-15-25(30)20(2)26(31)16-21/h6-7,19,23-26,30-31H,2,4-5,8-18H2,1,3H3/b22-7+/t19?,23-,24+,25-,26-,27-/m1/s1. The van der Waals surface area contributed by atoms with E-state index < -0.39 is 12.2 Å². The lowest BCUT2D eigenvalue weighted by molar-refractivity contribution is -0.0546. The van der Waals surface area contributed by atoms with Crippen LogP contribution in [0.15, 0.2) is 35.5 Å². The van der Waals surface area contributed by atoms with Crippen molar-refractivity contribution in [3.8, 4) is 0 Å². The number of hydrogen-bond acceptors (Lipinski definition) is 4. The van der Waals surface area contributed by atoms with Crippen LogP contribution in [-0.4, -0.2) is 59.2 Å². The summed E-state index contributed by atoms with van der Waals surface area (Å²) in [5.74, 6) is 2.21. The number of rotatable bonds is 4. The van der Waals surface area contributed by atoms with Crippen molar-refractivity contribution >= 4 is 0 Å². The first-order valence-electron chi connectivity index (χ1n) is 13.1. The van der Waals surface area contributed by atoms with E-state index in [9.17, 15) is 10.2 Å². The fraction of sp³-hybridized carbons (Fsp3) is 0.786. The highest BCUT2D eigenvalue weighted by Gasteiger charge is 2.52. The molecule has 0 amide bonds. The summed E-state index contributed by atoms with van der Waals surface area (Å²) < 4.78 is 6.04. The Hall–Kier alpha value is -0.940. The minimum absolute atomic E-state index is 0.223. The molecule has 4 nitrogen and oxygen atoms in total. The molecule has 4 aliphatic carbocycles. The van der Waals surface area contributed by atoms with Crippen LogP contribution >= 0.6 is 0 Å². The average Bonchev–Trinajstić information content (AvgIpc) is 3.38. The van der Waals surface area contributed by atoms with Crippen molar-refractivity contribution < 1.29 is 14.9 Å². The highest BCUT2D eigenvalue weighted by molar-refractivity contribution is 5.29. The summed E-state index contributed by atoms with van der Waals surface area (Å²) in [6.45, 7) is 13.3. The SMILES string of the molecule is C=C1[C@H](O)CC(=C/C=C2\CCC[C@]3(C)[C@@H](C(C)CN4CCOC5(CC5)C4)CC[C@@H]23)C[C@H]1O. The summed E-state index contributed by atoms with van der Waals surface area (Å²) in [5.41, 5.74) is 3.96. The molecular weight excluding hydrogens is 398 g/mol. The van der Waals surface area contributed by atoms with E-state index in [-0.39, 0.29) is 5.60 Å². The maximum absolute atomic E-state index is 10.2. The first-order chi connectivity index (χ1) is 15.3. The van der Waals surface area contributed by atoms with Crippen molar-refractivity contribution in [2.24, 2.45) is 23.2 Å². The minimum atomic E-state index is -0.605. The fourth-order valence-electron chi connectivity index (χ4n) is 7.70. The molecule has 1 aliphatic heterocycles. The summed E-state index contributed by atoms with van der Waals surface area (Å²) >= 11 is 0. The van der Waals surface area contributed by atoms with Gasteiger partial charge in [-0.25, -0.2) is 0 Å². The first-order valence-corrected chi connectivity index (χ1v) is 13.1. The van der Waals surface area contributed by atoms with Crippen molar-refractivity contribution in [2.75, 3.05) is 26.2 Å². The molecule has 0 radical (unpaired) electrons. The van der Waals surface area contributed by atoms with Crippen molar-refractivity contribution in [3.63, 3.8) is 0 Å². The van der Waals surface area contributed by atoms with Crippen LogP contribution in [0.5, 0.6) is 0 Å². The number of nitrogens with zero attached hydrogens (tertiary/aromatic N) is 1. The predicted molar refractivity (Wildman–Crippen MR) is 128 cm³/mol. The Kier molecular flexibility index (Phi) is 6.20. The average molecular weight is 442 g/mol. The summed E-state index contributed by atoms with van der Waals surface area (Å²) in [7, 11) is 0. The summed E-state index contributed by atoms with van der Waals surface area (Å²) in [6, 6.07) is 0. The van der Waals surface area contributed by atoms with E-state index in [0.29, 0.717) is 29.7 Å². The smallest absolute Gasteiger partial charge is 0.0811 e. The van der Waals surface area contributed by atoms with E-state index in [1.165, 1.54) is 51.5 Å². The van der Waals surface area contributed by atoms with E-state index in [2.05, 4.69) is 37.5 Å². The molecule has 5 fully saturated rings. The second-order valence-electron chi connectivity index (χ2n) is 11.9. The van der Waals surface area contributed by atoms with Crippen molar-refractivity contribution in [1.82, 2.24) is 4.90 Å². The van der Waals surface area contributed by atoms with E-state index >= 15 is 0 Å². The molecule has 0 bridgehead atoms. The van der Waals surface area contributed by atoms with Crippen molar-refractivity contribution in [3.05, 3.63) is 35.5 Å². The van der Waals surface area contributed by atoms with Gasteiger partial charge in [-0.1, -0.05) is 43.7 Å². The molecule has 5 aliphatic rings. The fourth-order valence-corrected chi connectivity index (χ4v) is 7.70. The quantitative estimate of drug-likeness (QED) is 0.625. The molecule has 5 rings (SSSR count). The van der Waals surface area contributed by atoms with Gasteiger partial charge in [0.1, 0.15) is 0 Å². The van der Waals surface area contributed by atoms with Gasteiger partial charge in [0.25, 0.3) is 0 Å². The van der Waals surface area contributed by atoms with Gasteiger partial charge < -0.3 is 14.9 Å². The lowest BCUT2D eigenvalue weighted by atomic mass is 9.61. The number of morpholine rings is 1. The highest BCUT2D eigenvalue weighted by atomic mass is 16.5. The zero-order valence-corrected chi connectivity index (χ0v) is 20.2. The van der Waals surface area contributed by atoms with Gasteiger partial charge in [-0.3, -0.25) is 4.90 Å². The third kappa shape index (κ3) is 4.29. The van der Waals surface area contributed by atoms with E-state index in [1.807, 2.05) is 0 Å². The lowest BCUT2D eigenvalue weighted by Crippen LogP contribution is -2.47. The highest BCUT2D eigenvalue weighted by Crippen LogP contribution is 2.59. The Labute approximate surface area is 194 Å². The molecule has 32 heavy (non-hydrogen) atoms. The molecule has 0 aromatic heterocycles. The number of aliphatic hydroxyl groups is 2. The molecule has 0 aromatic rings. The molecule has 1 saturated heterocycles. The topological polar surface area (TPSA) is 52.9 Å². The monoisotopic (exact) mass is 441 g/mol. The molecule has 2 N–H and O–H groups in total. The number of aliphatic hydroxyl groups excluding tert-OH is 2. The molecule has 4 heteroatoms. The number of hydrogen-bond donors (Lipinski definition) is 2. The minimum Gasteiger partial charge on any atom is -0.388 e. The third-order valence-corrected chi connectivity index (χ3v) is 9.71. The van der Waals surface area contributed by atoms with Gasteiger partial charge in [0, 0.05) is 19.6 Å². The van der Waals surface area contributed by atoms with Gasteiger partial charge in [-0.2, -0.15) is 0 Å². The predicted octanol–water partition coefficient (Wildman–Crippen LogP) is 4.63. The van der Waals surface area contributed by atoms with Crippen LogP contribution in [0.1, 0.15) is 71.6 Å². The Morgan fingerprint density at radius 3 is 2.62 bits per heavy atom. The lowest BCUT2D eigenvalue weighted by Gasteiger charge is -2.45. The molecule has 1 unspecified atom stereocenters. The number of fused-ring (bicyclic) bond motifs is 1. The van der Waals surface area contributed by atoms with Crippen LogP contribution in [0.3, 0.4) is 0 Å². The molecule has 1 spiro atoms. The van der Waals surface area contributed by atoms with Crippen LogP contribution in [0.2, 0.25) is 0 Å². The Morgan fingerprint density at radius 1 is 1.16 bits per heavy atom.